The number of hydrogen-bond acceptors (Lipinski definition) is 5. The molecule has 0 aliphatic carbocycles. The lowest BCUT2D eigenvalue weighted by Gasteiger charge is -2.18. The number of aryl methyl sites for hydroxylation is 2. The van der Waals surface area contributed by atoms with Crippen LogP contribution < -0.4 is 5.32 Å². The Labute approximate surface area is 166 Å². The number of aromatic nitrogens is 4. The molecule has 1 unspecified atom stereocenters. The van der Waals surface area contributed by atoms with E-state index in [1.165, 1.54) is 6.33 Å². The van der Waals surface area contributed by atoms with Crippen molar-refractivity contribution in [3.05, 3.63) is 46.1 Å². The monoisotopic (exact) mass is 402 g/mol. The third-order valence-corrected chi connectivity index (χ3v) is 4.73. The molecule has 1 amide bonds. The lowest BCUT2D eigenvalue weighted by molar-refractivity contribution is -0.119. The van der Waals surface area contributed by atoms with Crippen molar-refractivity contribution in [1.29, 1.82) is 5.26 Å². The molecule has 3 rings (SSSR count). The van der Waals surface area contributed by atoms with Crippen LogP contribution >= 0.6 is 23.2 Å². The molecule has 0 spiro atoms. The highest BCUT2D eigenvalue weighted by atomic mass is 35.5. The van der Waals surface area contributed by atoms with Crippen LogP contribution in [0.25, 0.3) is 11.2 Å². The van der Waals surface area contributed by atoms with Gasteiger partial charge in [-0.1, -0.05) is 17.7 Å². The topological polar surface area (TPSA) is 96.5 Å². The van der Waals surface area contributed by atoms with Crippen LogP contribution in [0.5, 0.6) is 0 Å². The van der Waals surface area contributed by atoms with Gasteiger partial charge in [0.2, 0.25) is 11.2 Å². The number of carbonyl (C=O) groups is 1. The van der Waals surface area contributed by atoms with E-state index in [2.05, 4.69) is 26.3 Å². The molecule has 0 fully saturated rings. The van der Waals surface area contributed by atoms with E-state index >= 15 is 0 Å². The SMILES string of the molecule is Cc1ccc(NC(=O)C(CCC#N)n2cnc3c(Cl)nc(Cl)nc32)cc1C. The maximum absolute atomic E-state index is 12.9. The van der Waals surface area contributed by atoms with Crippen molar-refractivity contribution >= 4 is 46.0 Å². The molecular weight excluding hydrogens is 387 g/mol. The van der Waals surface area contributed by atoms with Crippen LogP contribution in [0.3, 0.4) is 0 Å². The minimum atomic E-state index is -0.696. The molecule has 0 saturated heterocycles. The highest BCUT2D eigenvalue weighted by Gasteiger charge is 2.24. The van der Waals surface area contributed by atoms with E-state index < -0.39 is 6.04 Å². The van der Waals surface area contributed by atoms with E-state index in [9.17, 15) is 4.79 Å². The summed E-state index contributed by atoms with van der Waals surface area (Å²) >= 11 is 12.0. The minimum absolute atomic E-state index is 0.0390. The number of anilines is 1. The minimum Gasteiger partial charge on any atom is -0.324 e. The number of benzene rings is 1. The smallest absolute Gasteiger partial charge is 0.247 e. The summed E-state index contributed by atoms with van der Waals surface area (Å²) in [4.78, 5) is 25.1. The Morgan fingerprint density at radius 3 is 2.78 bits per heavy atom. The van der Waals surface area contributed by atoms with Crippen molar-refractivity contribution in [3.8, 4) is 6.07 Å². The Balaban J connectivity index is 1.97. The molecule has 1 aromatic carbocycles. The summed E-state index contributed by atoms with van der Waals surface area (Å²) in [7, 11) is 0. The standard InChI is InChI=1S/C18H16Cl2N6O/c1-10-5-6-12(8-11(10)2)23-17(27)13(4-3-7-21)26-9-22-14-15(19)24-18(20)25-16(14)26/h5-6,8-9,13H,3-4H2,1-2H3,(H,23,27). The van der Waals surface area contributed by atoms with Crippen molar-refractivity contribution in [2.24, 2.45) is 0 Å². The molecule has 1 atom stereocenters. The number of fused-ring (bicyclic) bond motifs is 1. The van der Waals surface area contributed by atoms with Gasteiger partial charge in [-0.25, -0.2) is 9.97 Å². The number of amides is 1. The van der Waals surface area contributed by atoms with E-state index in [1.807, 2.05) is 32.0 Å². The summed E-state index contributed by atoms with van der Waals surface area (Å²) in [6.45, 7) is 3.98. The molecule has 9 heteroatoms. The molecule has 0 bridgehead atoms. The molecule has 3 aromatic rings. The molecule has 0 aliphatic heterocycles. The van der Waals surface area contributed by atoms with Gasteiger partial charge in [0.1, 0.15) is 11.6 Å². The van der Waals surface area contributed by atoms with E-state index in [1.54, 1.807) is 4.57 Å². The first-order valence-electron chi connectivity index (χ1n) is 8.21. The van der Waals surface area contributed by atoms with Gasteiger partial charge in [0.15, 0.2) is 10.8 Å². The second-order valence-corrected chi connectivity index (χ2v) is 6.80. The van der Waals surface area contributed by atoms with Crippen molar-refractivity contribution in [3.63, 3.8) is 0 Å². The van der Waals surface area contributed by atoms with Crippen LogP contribution in [0.15, 0.2) is 24.5 Å². The van der Waals surface area contributed by atoms with Gasteiger partial charge < -0.3 is 9.88 Å². The highest BCUT2D eigenvalue weighted by Crippen LogP contribution is 2.26. The fourth-order valence-corrected chi connectivity index (χ4v) is 3.15. The summed E-state index contributed by atoms with van der Waals surface area (Å²) in [5.41, 5.74) is 3.58. The van der Waals surface area contributed by atoms with Crippen molar-refractivity contribution in [2.75, 3.05) is 5.32 Å². The number of nitriles is 1. The third kappa shape index (κ3) is 4.02. The Hall–Kier alpha value is -2.69. The van der Waals surface area contributed by atoms with Gasteiger partial charge >= 0.3 is 0 Å². The molecular formula is C18H16Cl2N6O. The van der Waals surface area contributed by atoms with E-state index in [-0.39, 0.29) is 29.2 Å². The van der Waals surface area contributed by atoms with Crippen LogP contribution in [0.1, 0.15) is 30.0 Å². The average Bonchev–Trinajstić information content (AvgIpc) is 3.02. The Morgan fingerprint density at radius 1 is 1.30 bits per heavy atom. The average molecular weight is 403 g/mol. The Kier molecular flexibility index (Phi) is 5.59. The molecule has 7 nitrogen and oxygen atoms in total. The number of imidazole rings is 1. The number of halogens is 2. The maximum atomic E-state index is 12.9. The van der Waals surface area contributed by atoms with Gasteiger partial charge in [-0.05, 0) is 55.1 Å². The second kappa shape index (κ2) is 7.91. The van der Waals surface area contributed by atoms with Crippen LogP contribution in [0.2, 0.25) is 10.4 Å². The second-order valence-electron chi connectivity index (χ2n) is 6.11. The van der Waals surface area contributed by atoms with Crippen LogP contribution in [-0.2, 0) is 4.79 Å². The summed E-state index contributed by atoms with van der Waals surface area (Å²) in [5.74, 6) is -0.279. The normalized spacial score (nSPS) is 12.0. The predicted molar refractivity (Wildman–Crippen MR) is 104 cm³/mol. The zero-order valence-corrected chi connectivity index (χ0v) is 16.2. The fraction of sp³-hybridized carbons (Fsp3) is 0.278. The molecule has 1 N–H and O–H groups in total. The van der Waals surface area contributed by atoms with Gasteiger partial charge in [0.05, 0.1) is 12.4 Å². The summed E-state index contributed by atoms with van der Waals surface area (Å²) in [5, 5.41) is 11.9. The third-order valence-electron chi connectivity index (χ3n) is 4.29. The summed E-state index contributed by atoms with van der Waals surface area (Å²) < 4.78 is 1.57. The maximum Gasteiger partial charge on any atom is 0.247 e. The van der Waals surface area contributed by atoms with E-state index in [0.29, 0.717) is 16.9 Å². The first-order valence-corrected chi connectivity index (χ1v) is 8.97. The lowest BCUT2D eigenvalue weighted by atomic mass is 10.1. The van der Waals surface area contributed by atoms with Gasteiger partial charge in [0.25, 0.3) is 0 Å². The lowest BCUT2D eigenvalue weighted by Crippen LogP contribution is -2.26. The number of hydrogen-bond donors (Lipinski definition) is 1. The van der Waals surface area contributed by atoms with E-state index in [0.717, 1.165) is 11.1 Å². The van der Waals surface area contributed by atoms with Gasteiger partial charge in [-0.3, -0.25) is 4.79 Å². The first kappa shape index (κ1) is 19.1. The van der Waals surface area contributed by atoms with E-state index in [4.69, 9.17) is 28.5 Å². The molecule has 0 aliphatic rings. The molecule has 138 valence electrons. The highest BCUT2D eigenvalue weighted by molar-refractivity contribution is 6.35. The van der Waals surface area contributed by atoms with Crippen LogP contribution in [0.4, 0.5) is 5.69 Å². The number of carbonyl (C=O) groups excluding carboxylic acids is 1. The largest absolute Gasteiger partial charge is 0.324 e. The number of nitrogens with one attached hydrogen (secondary N) is 1. The fourth-order valence-electron chi connectivity index (χ4n) is 2.73. The molecule has 27 heavy (non-hydrogen) atoms. The Morgan fingerprint density at radius 2 is 2.07 bits per heavy atom. The van der Waals surface area contributed by atoms with Gasteiger partial charge in [-0.2, -0.15) is 10.2 Å². The zero-order valence-electron chi connectivity index (χ0n) is 14.7. The van der Waals surface area contributed by atoms with Crippen LogP contribution in [0, 0.1) is 25.2 Å². The molecule has 0 radical (unpaired) electrons. The molecule has 2 aromatic heterocycles. The summed E-state index contributed by atoms with van der Waals surface area (Å²) in [6.07, 6.45) is 1.94. The first-order chi connectivity index (χ1) is 12.9. The number of nitrogens with zero attached hydrogens (tertiary/aromatic N) is 5. The predicted octanol–water partition coefficient (Wildman–Crippen LogP) is 4.23. The van der Waals surface area contributed by atoms with Gasteiger partial charge in [0, 0.05) is 12.1 Å². The van der Waals surface area contributed by atoms with Crippen molar-refractivity contribution in [2.45, 2.75) is 32.7 Å². The molecule has 0 saturated carbocycles. The van der Waals surface area contributed by atoms with Crippen LogP contribution in [-0.4, -0.2) is 25.4 Å². The quantitative estimate of drug-likeness (QED) is 0.508. The Bertz CT molecular complexity index is 1060. The van der Waals surface area contributed by atoms with Crippen molar-refractivity contribution in [1.82, 2.24) is 19.5 Å². The summed E-state index contributed by atoms with van der Waals surface area (Å²) in [6, 6.07) is 7.05. The van der Waals surface area contributed by atoms with Crippen molar-refractivity contribution < 1.29 is 4.79 Å². The number of rotatable bonds is 5. The zero-order chi connectivity index (χ0) is 19.6. The van der Waals surface area contributed by atoms with Gasteiger partial charge in [-0.15, -0.1) is 0 Å². The molecule has 2 heterocycles.